The maximum Gasteiger partial charge on any atom is 0.254 e. The fourth-order valence-electron chi connectivity index (χ4n) is 2.25. The van der Waals surface area contributed by atoms with Crippen LogP contribution >= 0.6 is 0 Å². The van der Waals surface area contributed by atoms with E-state index < -0.39 is 0 Å². The monoisotopic (exact) mass is 264 g/mol. The molecule has 0 radical (unpaired) electrons. The first-order valence-electron chi connectivity index (χ1n) is 6.05. The summed E-state index contributed by atoms with van der Waals surface area (Å²) in [6.07, 6.45) is 0.704. The molecular formula is C13H16N2O4. The van der Waals surface area contributed by atoms with Crippen molar-refractivity contribution in [1.29, 1.82) is 0 Å². The fourth-order valence-corrected chi connectivity index (χ4v) is 2.25. The highest BCUT2D eigenvalue weighted by molar-refractivity contribution is 5.95. The normalized spacial score (nSPS) is 18.4. The molecule has 19 heavy (non-hydrogen) atoms. The molecule has 6 heteroatoms. The number of phenols is 2. The number of hydrogen-bond donors (Lipinski definition) is 3. The van der Waals surface area contributed by atoms with Crippen LogP contribution in [-0.2, 0) is 4.79 Å². The van der Waals surface area contributed by atoms with Crippen molar-refractivity contribution >= 4 is 11.8 Å². The lowest BCUT2D eigenvalue weighted by molar-refractivity contribution is -0.119. The molecule has 1 aromatic carbocycles. The quantitative estimate of drug-likeness (QED) is 0.723. The Morgan fingerprint density at radius 2 is 1.89 bits per heavy atom. The van der Waals surface area contributed by atoms with Gasteiger partial charge in [0.15, 0.2) is 0 Å². The molecule has 6 nitrogen and oxygen atoms in total. The number of amides is 2. The largest absolute Gasteiger partial charge is 0.508 e. The van der Waals surface area contributed by atoms with Crippen molar-refractivity contribution in [3.8, 4) is 11.5 Å². The minimum absolute atomic E-state index is 0.0349. The highest BCUT2D eigenvalue weighted by Gasteiger charge is 2.27. The van der Waals surface area contributed by atoms with E-state index in [2.05, 4.69) is 5.32 Å². The number of carbonyl (C=O) groups excluding carboxylic acids is 2. The van der Waals surface area contributed by atoms with Crippen LogP contribution in [0.4, 0.5) is 0 Å². The summed E-state index contributed by atoms with van der Waals surface area (Å²) in [5.41, 5.74) is 0.237. The van der Waals surface area contributed by atoms with Gasteiger partial charge in [-0.25, -0.2) is 0 Å². The summed E-state index contributed by atoms with van der Waals surface area (Å²) in [5, 5.41) is 21.5. The number of phenolic OH excluding ortho intramolecular Hbond substituents is 2. The molecule has 0 aromatic heterocycles. The average Bonchev–Trinajstić information content (AvgIpc) is 2.74. The topological polar surface area (TPSA) is 89.9 Å². The van der Waals surface area contributed by atoms with E-state index in [1.54, 1.807) is 4.90 Å². The van der Waals surface area contributed by atoms with Crippen molar-refractivity contribution in [2.45, 2.75) is 19.4 Å². The molecule has 1 aliphatic rings. The second-order valence-corrected chi connectivity index (χ2v) is 4.68. The minimum atomic E-state index is -0.265. The molecule has 1 aromatic rings. The van der Waals surface area contributed by atoms with Gasteiger partial charge in [0.1, 0.15) is 11.5 Å². The van der Waals surface area contributed by atoms with Crippen LogP contribution in [0.2, 0.25) is 0 Å². The number of rotatable bonds is 2. The van der Waals surface area contributed by atoms with Gasteiger partial charge in [-0.05, 0) is 18.6 Å². The molecule has 0 saturated carbocycles. The molecule has 1 fully saturated rings. The SMILES string of the molecule is CC(=O)NC1CCN(C(=O)c2cc(O)cc(O)c2)C1. The van der Waals surface area contributed by atoms with Gasteiger partial charge in [-0.1, -0.05) is 0 Å². The molecule has 0 aliphatic carbocycles. The Morgan fingerprint density at radius 3 is 2.47 bits per heavy atom. The summed E-state index contributed by atoms with van der Waals surface area (Å²) in [6, 6.07) is 3.76. The van der Waals surface area contributed by atoms with Crippen LogP contribution in [0, 0.1) is 0 Å². The van der Waals surface area contributed by atoms with E-state index in [-0.39, 0.29) is 34.9 Å². The van der Waals surface area contributed by atoms with E-state index in [9.17, 15) is 19.8 Å². The van der Waals surface area contributed by atoms with Gasteiger partial charge in [0.2, 0.25) is 5.91 Å². The highest BCUT2D eigenvalue weighted by Crippen LogP contribution is 2.22. The van der Waals surface area contributed by atoms with Crippen molar-refractivity contribution in [2.24, 2.45) is 0 Å². The van der Waals surface area contributed by atoms with Crippen LogP contribution in [0.1, 0.15) is 23.7 Å². The first kappa shape index (κ1) is 13.2. The van der Waals surface area contributed by atoms with Crippen molar-refractivity contribution in [1.82, 2.24) is 10.2 Å². The van der Waals surface area contributed by atoms with Crippen molar-refractivity contribution < 1.29 is 19.8 Å². The minimum Gasteiger partial charge on any atom is -0.508 e. The van der Waals surface area contributed by atoms with Gasteiger partial charge in [0.25, 0.3) is 5.91 Å². The molecule has 1 heterocycles. The van der Waals surface area contributed by atoms with Crippen LogP contribution in [0.25, 0.3) is 0 Å². The third kappa shape index (κ3) is 3.15. The molecule has 1 atom stereocenters. The van der Waals surface area contributed by atoms with Crippen LogP contribution in [0.5, 0.6) is 11.5 Å². The number of hydrogen-bond acceptors (Lipinski definition) is 4. The summed E-state index contributed by atoms with van der Waals surface area (Å²) in [5.74, 6) is -0.685. The number of likely N-dealkylation sites (tertiary alicyclic amines) is 1. The first-order valence-corrected chi connectivity index (χ1v) is 6.05. The summed E-state index contributed by atoms with van der Waals surface area (Å²) in [4.78, 5) is 24.7. The molecule has 2 amide bonds. The van der Waals surface area contributed by atoms with Gasteiger partial charge >= 0.3 is 0 Å². The molecular weight excluding hydrogens is 248 g/mol. The van der Waals surface area contributed by atoms with Crippen molar-refractivity contribution in [3.05, 3.63) is 23.8 Å². The third-order valence-corrected chi connectivity index (χ3v) is 3.03. The summed E-state index contributed by atoms with van der Waals surface area (Å²) in [6.45, 7) is 2.42. The summed E-state index contributed by atoms with van der Waals surface area (Å²) >= 11 is 0. The Hall–Kier alpha value is -2.24. The van der Waals surface area contributed by atoms with Crippen molar-refractivity contribution in [3.63, 3.8) is 0 Å². The predicted octanol–water partition coefficient (Wildman–Crippen LogP) is 0.448. The Kier molecular flexibility index (Phi) is 3.59. The Labute approximate surface area is 110 Å². The summed E-state index contributed by atoms with van der Waals surface area (Å²) in [7, 11) is 0. The highest BCUT2D eigenvalue weighted by atomic mass is 16.3. The summed E-state index contributed by atoms with van der Waals surface area (Å²) < 4.78 is 0. The molecule has 1 aliphatic heterocycles. The standard InChI is InChI=1S/C13H16N2O4/c1-8(16)14-10-2-3-15(7-10)13(19)9-4-11(17)6-12(18)5-9/h4-6,10,17-18H,2-3,7H2,1H3,(H,14,16). The average molecular weight is 264 g/mol. The van der Waals surface area contributed by atoms with E-state index in [1.165, 1.54) is 25.1 Å². The lowest BCUT2D eigenvalue weighted by Crippen LogP contribution is -2.37. The van der Waals surface area contributed by atoms with Gasteiger partial charge in [0.05, 0.1) is 0 Å². The van der Waals surface area contributed by atoms with E-state index in [1.807, 2.05) is 0 Å². The maximum atomic E-state index is 12.2. The second kappa shape index (κ2) is 5.17. The zero-order valence-electron chi connectivity index (χ0n) is 10.6. The van der Waals surface area contributed by atoms with E-state index in [0.29, 0.717) is 19.5 Å². The van der Waals surface area contributed by atoms with E-state index in [4.69, 9.17) is 0 Å². The Balaban J connectivity index is 2.06. The van der Waals surface area contributed by atoms with E-state index >= 15 is 0 Å². The van der Waals surface area contributed by atoms with Gasteiger partial charge in [-0.15, -0.1) is 0 Å². The number of nitrogens with zero attached hydrogens (tertiary/aromatic N) is 1. The second-order valence-electron chi connectivity index (χ2n) is 4.68. The van der Waals surface area contributed by atoms with Crippen LogP contribution in [0.3, 0.4) is 0 Å². The molecule has 0 bridgehead atoms. The maximum absolute atomic E-state index is 12.2. The van der Waals surface area contributed by atoms with Crippen LogP contribution in [-0.4, -0.2) is 46.1 Å². The number of benzene rings is 1. The predicted molar refractivity (Wildman–Crippen MR) is 67.9 cm³/mol. The van der Waals surface area contributed by atoms with Crippen molar-refractivity contribution in [2.75, 3.05) is 13.1 Å². The zero-order chi connectivity index (χ0) is 14.0. The zero-order valence-corrected chi connectivity index (χ0v) is 10.6. The molecule has 1 unspecified atom stereocenters. The first-order chi connectivity index (χ1) is 8.95. The van der Waals surface area contributed by atoms with Gasteiger partial charge in [-0.3, -0.25) is 9.59 Å². The smallest absolute Gasteiger partial charge is 0.254 e. The third-order valence-electron chi connectivity index (χ3n) is 3.03. The number of carbonyl (C=O) groups is 2. The lowest BCUT2D eigenvalue weighted by atomic mass is 10.2. The van der Waals surface area contributed by atoms with E-state index in [0.717, 1.165) is 0 Å². The lowest BCUT2D eigenvalue weighted by Gasteiger charge is -2.17. The molecule has 3 N–H and O–H groups in total. The fraction of sp³-hybridized carbons (Fsp3) is 0.385. The van der Waals surface area contributed by atoms with Crippen LogP contribution in [0.15, 0.2) is 18.2 Å². The molecule has 1 saturated heterocycles. The van der Waals surface area contributed by atoms with Crippen LogP contribution < -0.4 is 5.32 Å². The van der Waals surface area contributed by atoms with Gasteiger partial charge in [0, 0.05) is 37.7 Å². The molecule has 0 spiro atoms. The molecule has 2 rings (SSSR count). The Morgan fingerprint density at radius 1 is 1.26 bits per heavy atom. The molecule has 102 valence electrons. The number of nitrogens with one attached hydrogen (secondary N) is 1. The van der Waals surface area contributed by atoms with Gasteiger partial charge < -0.3 is 20.4 Å². The van der Waals surface area contributed by atoms with Gasteiger partial charge in [-0.2, -0.15) is 0 Å². The number of aromatic hydroxyl groups is 2. The Bertz CT molecular complexity index is 495.